The fourth-order valence-corrected chi connectivity index (χ4v) is 2.20. The Morgan fingerprint density at radius 2 is 1.96 bits per heavy atom. The second kappa shape index (κ2) is 5.82. The van der Waals surface area contributed by atoms with Gasteiger partial charge in [-0.3, -0.25) is 4.98 Å². The van der Waals surface area contributed by atoms with Crippen molar-refractivity contribution in [1.82, 2.24) is 24.7 Å². The Kier molecular flexibility index (Phi) is 3.85. The van der Waals surface area contributed by atoms with E-state index in [0.29, 0.717) is 5.56 Å². The molecule has 0 saturated carbocycles. The molecule has 0 N–H and O–H groups in total. The molecule has 0 saturated heterocycles. The van der Waals surface area contributed by atoms with Crippen LogP contribution < -0.4 is 0 Å². The number of hydrogen-bond donors (Lipinski definition) is 0. The molecule has 0 aromatic carbocycles. The molecule has 1 unspecified atom stereocenters. The van der Waals surface area contributed by atoms with Crippen molar-refractivity contribution in [1.29, 1.82) is 0 Å². The van der Waals surface area contributed by atoms with Gasteiger partial charge < -0.3 is 9.09 Å². The molecule has 0 aliphatic heterocycles. The van der Waals surface area contributed by atoms with Gasteiger partial charge in [-0.05, 0) is 12.1 Å². The van der Waals surface area contributed by atoms with Crippen molar-refractivity contribution in [2.24, 2.45) is 7.05 Å². The quantitative estimate of drug-likeness (QED) is 0.738. The first kappa shape index (κ1) is 15.2. The number of aryl methyl sites for hydroxylation is 1. The molecule has 0 spiro atoms. The van der Waals surface area contributed by atoms with Crippen LogP contribution in [-0.4, -0.2) is 30.9 Å². The fraction of sp³-hybridized carbons (Fsp3) is 0.286. The zero-order chi connectivity index (χ0) is 16.4. The zero-order valence-electron chi connectivity index (χ0n) is 12.0. The van der Waals surface area contributed by atoms with E-state index in [1.165, 1.54) is 36.4 Å². The van der Waals surface area contributed by atoms with Crippen molar-refractivity contribution < 1.29 is 17.7 Å². The third-order valence-electron chi connectivity index (χ3n) is 3.35. The molecule has 3 rings (SSSR count). The standard InChI is InChI=1S/C14H12F3N5O/c1-22-7-6-19-13(22)10(14(15,16)17)8-11-20-12(21-23-11)9-2-4-18-5-3-9/h2-7,10H,8H2,1H3. The molecule has 120 valence electrons. The lowest BCUT2D eigenvalue weighted by atomic mass is 10.0. The maximum absolute atomic E-state index is 13.3. The molecule has 0 aliphatic carbocycles. The van der Waals surface area contributed by atoms with Gasteiger partial charge in [-0.25, -0.2) is 4.98 Å². The summed E-state index contributed by atoms with van der Waals surface area (Å²) in [4.78, 5) is 11.7. The second-order valence-electron chi connectivity index (χ2n) is 4.94. The first-order chi connectivity index (χ1) is 10.9. The summed E-state index contributed by atoms with van der Waals surface area (Å²) in [6, 6.07) is 3.29. The Morgan fingerprint density at radius 1 is 1.22 bits per heavy atom. The molecule has 3 aromatic rings. The van der Waals surface area contributed by atoms with Crippen LogP contribution >= 0.6 is 0 Å². The molecule has 6 nitrogen and oxygen atoms in total. The van der Waals surface area contributed by atoms with Crippen LogP contribution in [0.3, 0.4) is 0 Å². The number of pyridine rings is 1. The van der Waals surface area contributed by atoms with Gasteiger partial charge >= 0.3 is 6.18 Å². The summed E-state index contributed by atoms with van der Waals surface area (Å²) in [6.07, 6.45) is 0.932. The van der Waals surface area contributed by atoms with Gasteiger partial charge in [0.05, 0.1) is 0 Å². The largest absolute Gasteiger partial charge is 0.399 e. The average molecular weight is 323 g/mol. The highest BCUT2D eigenvalue weighted by atomic mass is 19.4. The average Bonchev–Trinajstić information content (AvgIpc) is 3.13. The lowest BCUT2D eigenvalue weighted by Crippen LogP contribution is -2.25. The Morgan fingerprint density at radius 3 is 2.57 bits per heavy atom. The number of rotatable bonds is 4. The highest BCUT2D eigenvalue weighted by Crippen LogP contribution is 2.36. The minimum Gasteiger partial charge on any atom is -0.339 e. The van der Waals surface area contributed by atoms with E-state index in [9.17, 15) is 13.2 Å². The maximum atomic E-state index is 13.3. The van der Waals surface area contributed by atoms with Crippen molar-refractivity contribution in [3.8, 4) is 11.4 Å². The van der Waals surface area contributed by atoms with Crippen LogP contribution in [0.25, 0.3) is 11.4 Å². The van der Waals surface area contributed by atoms with Gasteiger partial charge in [0.2, 0.25) is 11.7 Å². The number of imidazole rings is 1. The van der Waals surface area contributed by atoms with Gasteiger partial charge in [0.1, 0.15) is 11.7 Å². The van der Waals surface area contributed by atoms with Gasteiger partial charge in [-0.2, -0.15) is 18.2 Å². The van der Waals surface area contributed by atoms with Crippen LogP contribution in [0.4, 0.5) is 13.2 Å². The van der Waals surface area contributed by atoms with Crippen LogP contribution in [0.15, 0.2) is 41.4 Å². The van der Waals surface area contributed by atoms with E-state index in [2.05, 4.69) is 20.1 Å². The number of aromatic nitrogens is 5. The number of halogens is 3. The number of hydrogen-bond acceptors (Lipinski definition) is 5. The Balaban J connectivity index is 1.87. The summed E-state index contributed by atoms with van der Waals surface area (Å²) in [5.41, 5.74) is 0.621. The normalized spacial score (nSPS) is 13.2. The first-order valence-corrected chi connectivity index (χ1v) is 6.72. The number of alkyl halides is 3. The Hall–Kier alpha value is -2.71. The van der Waals surface area contributed by atoms with E-state index in [1.54, 1.807) is 12.1 Å². The van der Waals surface area contributed by atoms with E-state index < -0.39 is 18.5 Å². The molecule has 9 heteroatoms. The highest BCUT2D eigenvalue weighted by Gasteiger charge is 2.44. The molecule has 0 fully saturated rings. The lowest BCUT2D eigenvalue weighted by Gasteiger charge is -2.18. The van der Waals surface area contributed by atoms with Crippen molar-refractivity contribution in [2.75, 3.05) is 0 Å². The van der Waals surface area contributed by atoms with Crippen LogP contribution in [0.5, 0.6) is 0 Å². The summed E-state index contributed by atoms with van der Waals surface area (Å²) in [5.74, 6) is -1.78. The van der Waals surface area contributed by atoms with Crippen molar-refractivity contribution in [2.45, 2.75) is 18.5 Å². The van der Waals surface area contributed by atoms with Gasteiger partial charge in [-0.15, -0.1) is 0 Å². The van der Waals surface area contributed by atoms with Crippen LogP contribution in [0.2, 0.25) is 0 Å². The van der Waals surface area contributed by atoms with Crippen molar-refractivity contribution >= 4 is 0 Å². The highest BCUT2D eigenvalue weighted by molar-refractivity contribution is 5.52. The lowest BCUT2D eigenvalue weighted by molar-refractivity contribution is -0.153. The van der Waals surface area contributed by atoms with E-state index >= 15 is 0 Å². The van der Waals surface area contributed by atoms with E-state index in [-0.39, 0.29) is 17.5 Å². The third kappa shape index (κ3) is 3.22. The molecule has 0 radical (unpaired) electrons. The van der Waals surface area contributed by atoms with E-state index in [1.807, 2.05) is 0 Å². The molecule has 23 heavy (non-hydrogen) atoms. The smallest absolute Gasteiger partial charge is 0.339 e. The Labute approximate surface area is 129 Å². The van der Waals surface area contributed by atoms with Crippen molar-refractivity contribution in [3.63, 3.8) is 0 Å². The van der Waals surface area contributed by atoms with E-state index in [4.69, 9.17) is 4.52 Å². The van der Waals surface area contributed by atoms with Crippen LogP contribution in [0.1, 0.15) is 17.6 Å². The predicted molar refractivity (Wildman–Crippen MR) is 73.2 cm³/mol. The molecule has 0 amide bonds. The second-order valence-corrected chi connectivity index (χ2v) is 4.94. The molecule has 0 bridgehead atoms. The first-order valence-electron chi connectivity index (χ1n) is 6.72. The molecule has 3 aromatic heterocycles. The maximum Gasteiger partial charge on any atom is 0.399 e. The predicted octanol–water partition coefficient (Wildman–Crippen LogP) is 2.75. The minimum atomic E-state index is -4.47. The number of nitrogens with zero attached hydrogens (tertiary/aromatic N) is 5. The molecular formula is C14H12F3N5O. The zero-order valence-corrected chi connectivity index (χ0v) is 12.0. The van der Waals surface area contributed by atoms with Crippen molar-refractivity contribution in [3.05, 3.63) is 48.6 Å². The minimum absolute atomic E-state index is 0.0952. The molecule has 1 atom stereocenters. The van der Waals surface area contributed by atoms with Crippen LogP contribution in [0, 0.1) is 0 Å². The summed E-state index contributed by atoms with van der Waals surface area (Å²) >= 11 is 0. The SMILES string of the molecule is Cn1ccnc1C(Cc1nc(-c2ccncc2)no1)C(F)(F)F. The van der Waals surface area contributed by atoms with Gasteiger partial charge in [-0.1, -0.05) is 5.16 Å². The Bertz CT molecular complexity index is 781. The molecular weight excluding hydrogens is 311 g/mol. The monoisotopic (exact) mass is 323 g/mol. The topological polar surface area (TPSA) is 69.6 Å². The van der Waals surface area contributed by atoms with Gasteiger partial charge in [0.25, 0.3) is 0 Å². The van der Waals surface area contributed by atoms with Crippen LogP contribution in [-0.2, 0) is 13.5 Å². The summed E-state index contributed by atoms with van der Waals surface area (Å²) in [6.45, 7) is 0. The summed E-state index contributed by atoms with van der Waals surface area (Å²) in [5, 5.41) is 3.72. The van der Waals surface area contributed by atoms with Gasteiger partial charge in [0.15, 0.2) is 0 Å². The van der Waals surface area contributed by atoms with E-state index in [0.717, 1.165) is 0 Å². The third-order valence-corrected chi connectivity index (χ3v) is 3.35. The summed E-state index contributed by atoms with van der Waals surface area (Å²) in [7, 11) is 1.51. The molecule has 3 heterocycles. The summed E-state index contributed by atoms with van der Waals surface area (Å²) < 4.78 is 46.3. The molecule has 0 aliphatic rings. The van der Waals surface area contributed by atoms with Gasteiger partial charge in [0, 0.05) is 43.8 Å². The fourth-order valence-electron chi connectivity index (χ4n) is 2.20.